The van der Waals surface area contributed by atoms with Crippen LogP contribution in [-0.4, -0.2) is 36.5 Å². The molecule has 1 aliphatic carbocycles. The number of allylic oxidation sites excluding steroid dienone is 4. The Morgan fingerprint density at radius 2 is 1.97 bits per heavy atom. The largest absolute Gasteiger partial charge is 0.513 e. The van der Waals surface area contributed by atoms with Crippen molar-refractivity contribution >= 4 is 11.9 Å². The molecule has 0 fully saturated rings. The number of ketones is 1. The molecule has 4 atom stereocenters. The van der Waals surface area contributed by atoms with Crippen molar-refractivity contribution in [3.05, 3.63) is 71.1 Å². The number of hydrogen-bond acceptors (Lipinski definition) is 6. The minimum Gasteiger partial charge on any atom is -0.429 e. The van der Waals surface area contributed by atoms with Crippen LogP contribution >= 0.6 is 0 Å². The second kappa shape index (κ2) is 11.2. The molecule has 0 aromatic heterocycles. The molecule has 3 rings (SSSR count). The van der Waals surface area contributed by atoms with Crippen LogP contribution in [0, 0.1) is 5.92 Å². The number of rotatable bonds is 7. The third-order valence-electron chi connectivity index (χ3n) is 6.24. The predicted octanol–water partition coefficient (Wildman–Crippen LogP) is 6.27. The van der Waals surface area contributed by atoms with Crippen molar-refractivity contribution in [2.75, 3.05) is 6.61 Å². The minimum atomic E-state index is -1.09. The molecule has 0 aromatic carbocycles. The molecular weight excluding hydrogens is 432 g/mol. The van der Waals surface area contributed by atoms with E-state index < -0.39 is 11.9 Å². The van der Waals surface area contributed by atoms with Crippen LogP contribution in [0.25, 0.3) is 0 Å². The van der Waals surface area contributed by atoms with Crippen molar-refractivity contribution in [3.8, 4) is 0 Å². The summed E-state index contributed by atoms with van der Waals surface area (Å²) in [7, 11) is 0. The average Bonchev–Trinajstić information content (AvgIpc) is 2.72. The first-order chi connectivity index (χ1) is 16.1. The van der Waals surface area contributed by atoms with Gasteiger partial charge in [0.1, 0.15) is 6.61 Å². The summed E-state index contributed by atoms with van der Waals surface area (Å²) in [5.41, 5.74) is 5.18. The molecule has 0 amide bonds. The highest BCUT2D eigenvalue weighted by Crippen LogP contribution is 2.42. The standard InChI is InChI=1S/C28H36O6/c1-7-31-27(30)32-17-22-16-28(34-26-13-21(6)25(29)14-24(22)26)15-20(5)12-23(33-28)11-19(4)10-8-9-18(2)3/h7,9,11,13,15-16,23-24,26H,1,8,10,12,14,17H2,2-6H3/b19-11+/t23-,24-,26-,28+/m0/s1. The summed E-state index contributed by atoms with van der Waals surface area (Å²) in [6.45, 7) is 13.6. The fraction of sp³-hybridized carbons (Fsp3) is 0.500. The molecule has 1 spiro atoms. The van der Waals surface area contributed by atoms with Gasteiger partial charge in [0.2, 0.25) is 5.79 Å². The third-order valence-corrected chi connectivity index (χ3v) is 6.24. The summed E-state index contributed by atoms with van der Waals surface area (Å²) < 4.78 is 22.9. The molecule has 6 nitrogen and oxygen atoms in total. The topological polar surface area (TPSA) is 71.1 Å². The lowest BCUT2D eigenvalue weighted by Gasteiger charge is -2.45. The van der Waals surface area contributed by atoms with Crippen molar-refractivity contribution in [3.63, 3.8) is 0 Å². The highest BCUT2D eigenvalue weighted by Gasteiger charge is 2.45. The Labute approximate surface area is 202 Å². The Bertz CT molecular complexity index is 975. The normalized spacial score (nSPS) is 28.9. The lowest BCUT2D eigenvalue weighted by molar-refractivity contribution is -0.225. The molecular formula is C28H36O6. The van der Waals surface area contributed by atoms with E-state index in [0.717, 1.165) is 36.7 Å². The Balaban J connectivity index is 1.87. The Morgan fingerprint density at radius 1 is 1.21 bits per heavy atom. The van der Waals surface area contributed by atoms with Gasteiger partial charge < -0.3 is 18.9 Å². The average molecular weight is 469 g/mol. The Morgan fingerprint density at radius 3 is 2.68 bits per heavy atom. The Hall–Kier alpha value is -2.70. The van der Waals surface area contributed by atoms with E-state index in [1.165, 1.54) is 11.1 Å². The maximum absolute atomic E-state index is 12.4. The molecule has 0 radical (unpaired) electrons. The second-order valence-corrected chi connectivity index (χ2v) is 9.61. The fourth-order valence-electron chi connectivity index (χ4n) is 4.65. The highest BCUT2D eigenvalue weighted by molar-refractivity contribution is 5.96. The van der Waals surface area contributed by atoms with Crippen molar-refractivity contribution in [2.24, 2.45) is 5.92 Å². The van der Waals surface area contributed by atoms with Gasteiger partial charge in [0.05, 0.1) is 18.5 Å². The van der Waals surface area contributed by atoms with Crippen molar-refractivity contribution in [2.45, 2.75) is 78.3 Å². The zero-order valence-electron chi connectivity index (χ0n) is 20.9. The zero-order valence-corrected chi connectivity index (χ0v) is 20.9. The van der Waals surface area contributed by atoms with Crippen LogP contribution in [0.3, 0.4) is 0 Å². The van der Waals surface area contributed by atoms with E-state index in [4.69, 9.17) is 14.2 Å². The molecule has 0 unspecified atom stereocenters. The van der Waals surface area contributed by atoms with E-state index in [1.54, 1.807) is 6.92 Å². The molecule has 0 saturated carbocycles. The monoisotopic (exact) mass is 468 g/mol. The van der Waals surface area contributed by atoms with E-state index in [-0.39, 0.29) is 30.5 Å². The first kappa shape index (κ1) is 25.9. The van der Waals surface area contributed by atoms with Crippen LogP contribution in [0.5, 0.6) is 0 Å². The maximum Gasteiger partial charge on any atom is 0.513 e. The van der Waals surface area contributed by atoms with Gasteiger partial charge in [-0.1, -0.05) is 35.5 Å². The van der Waals surface area contributed by atoms with Crippen molar-refractivity contribution in [1.29, 1.82) is 0 Å². The summed E-state index contributed by atoms with van der Waals surface area (Å²) >= 11 is 0. The van der Waals surface area contributed by atoms with E-state index in [0.29, 0.717) is 12.0 Å². The third kappa shape index (κ3) is 6.67. The SMILES string of the molecule is C=COC(=O)OCC1=C[C@@]2(C=C(C)C[C@H](/C=C(\C)CCC=C(C)C)O2)O[C@H]2C=C(C)C(=O)C[C@@H]12. The number of hydrogen-bond donors (Lipinski definition) is 0. The highest BCUT2D eigenvalue weighted by atomic mass is 16.7. The fourth-order valence-corrected chi connectivity index (χ4v) is 4.65. The van der Waals surface area contributed by atoms with Crippen LogP contribution in [-0.2, 0) is 23.7 Å². The quantitative estimate of drug-likeness (QED) is 0.249. The number of carbonyl (C=O) groups excluding carboxylic acids is 2. The lowest BCUT2D eigenvalue weighted by Crippen LogP contribution is -2.49. The van der Waals surface area contributed by atoms with Crippen LogP contribution in [0.4, 0.5) is 4.79 Å². The maximum atomic E-state index is 12.4. The molecule has 184 valence electrons. The van der Waals surface area contributed by atoms with E-state index in [9.17, 15) is 9.59 Å². The molecule has 0 aromatic rings. The van der Waals surface area contributed by atoms with Crippen LogP contribution in [0.1, 0.15) is 60.3 Å². The summed E-state index contributed by atoms with van der Waals surface area (Å²) in [6.07, 6.45) is 12.8. The van der Waals surface area contributed by atoms with Gasteiger partial charge in [-0.2, -0.15) is 0 Å². The van der Waals surface area contributed by atoms with Gasteiger partial charge >= 0.3 is 6.16 Å². The van der Waals surface area contributed by atoms with Crippen molar-refractivity contribution in [1.82, 2.24) is 0 Å². The summed E-state index contributed by atoms with van der Waals surface area (Å²) in [5.74, 6) is -1.26. The Kier molecular flexibility index (Phi) is 8.50. The first-order valence-electron chi connectivity index (χ1n) is 11.8. The summed E-state index contributed by atoms with van der Waals surface area (Å²) in [5, 5.41) is 0. The predicted molar refractivity (Wildman–Crippen MR) is 131 cm³/mol. The van der Waals surface area contributed by atoms with Gasteiger partial charge in [0.25, 0.3) is 0 Å². The molecule has 0 saturated heterocycles. The van der Waals surface area contributed by atoms with Crippen LogP contribution in [0.15, 0.2) is 71.1 Å². The number of fused-ring (bicyclic) bond motifs is 1. The van der Waals surface area contributed by atoms with Crippen molar-refractivity contribution < 1.29 is 28.5 Å². The molecule has 2 heterocycles. The molecule has 0 N–H and O–H groups in total. The van der Waals surface area contributed by atoms with E-state index >= 15 is 0 Å². The van der Waals surface area contributed by atoms with Gasteiger partial charge in [-0.25, -0.2) is 4.79 Å². The van der Waals surface area contributed by atoms with E-state index in [1.807, 2.05) is 18.2 Å². The van der Waals surface area contributed by atoms with Crippen LogP contribution in [0.2, 0.25) is 0 Å². The van der Waals surface area contributed by atoms with Crippen LogP contribution < -0.4 is 0 Å². The molecule has 6 heteroatoms. The number of Topliss-reactive ketones (excluding diaryl/α,β-unsaturated/α-hetero) is 1. The minimum absolute atomic E-state index is 0.0163. The molecule has 34 heavy (non-hydrogen) atoms. The molecule has 2 aliphatic heterocycles. The van der Waals surface area contributed by atoms with Gasteiger partial charge in [-0.15, -0.1) is 0 Å². The number of carbonyl (C=O) groups is 2. The van der Waals surface area contributed by atoms with Gasteiger partial charge in [-0.3, -0.25) is 4.79 Å². The summed E-state index contributed by atoms with van der Waals surface area (Å²) in [4.78, 5) is 24.2. The van der Waals surface area contributed by atoms with Gasteiger partial charge in [-0.05, 0) is 83.3 Å². The smallest absolute Gasteiger partial charge is 0.429 e. The molecule has 3 aliphatic rings. The molecule has 0 bridgehead atoms. The number of ether oxygens (including phenoxy) is 4. The lowest BCUT2D eigenvalue weighted by atomic mass is 9.79. The van der Waals surface area contributed by atoms with E-state index in [2.05, 4.69) is 51.2 Å². The zero-order chi connectivity index (χ0) is 24.9. The van der Waals surface area contributed by atoms with Gasteiger partial charge in [0.15, 0.2) is 5.78 Å². The van der Waals surface area contributed by atoms with Gasteiger partial charge in [0, 0.05) is 12.3 Å². The second-order valence-electron chi connectivity index (χ2n) is 9.61. The summed E-state index contributed by atoms with van der Waals surface area (Å²) in [6, 6.07) is 0. The first-order valence-corrected chi connectivity index (χ1v) is 11.8.